The molecular formula is C85H75Cl2F15MgN11NaO15. The fourth-order valence-corrected chi connectivity index (χ4v) is 9.47. The molecule has 0 unspecified atom stereocenters. The number of hydrogen-bond acceptors (Lipinski definition) is 23. The molecule has 45 heteroatoms. The summed E-state index contributed by atoms with van der Waals surface area (Å²) in [6.45, 7) is 1.28. The zero-order chi connectivity index (χ0) is 94.3. The number of aromatic carboxylic acids is 2. The van der Waals surface area contributed by atoms with E-state index >= 15 is 0 Å². The molecule has 0 aliphatic rings. The molecule has 0 bridgehead atoms. The number of Topliss-reactive ketones (excluding diaryl/α,β-unsaturated/α-hetero) is 1. The van der Waals surface area contributed by atoms with E-state index in [9.17, 15) is 104 Å². The molecule has 5 heterocycles. The third-order valence-corrected chi connectivity index (χ3v) is 15.6. The van der Waals surface area contributed by atoms with Crippen LogP contribution < -0.4 is 73.8 Å². The average molecular weight is 1890 g/mol. The second-order valence-electron chi connectivity index (χ2n) is 24.0. The number of alkyl halides is 15. The second-order valence-corrected chi connectivity index (χ2v) is 24.3. The standard InChI is InChI=1S/C23H17F3N2O3.C15H14F3N3O2.C14H11F3N2O.C13H9F3N2O2.C9H8O3.C7H3ClF3NO2.C2H7NO.CH3O.CH3.ClH.Mg.Na/c1-31-22(30)16-10-7-15(8-11-16)9-13-19(29)18-12-14-20(23(24,25)26)28-21(18)27-17-5-3-2-4-6-17;1-21(23-2)14(22)11-8-9-12(15(16,17)18)20-13(11)19-10-6-4-3-5-7-10;1-9(20)11-7-8-12(14(15,16)17)19-13(11)18-10-5-3-2-4-6-10;14-13(15,16)10-7-6-9(12(19)20)11(18-10)17-8-4-2-1-3-5-8;1-12-9(11)8-4-2-7(6-10)3-5-8;8-5-3(6(13)14)1-2-4(12-5)7(9,10)11;1-3-4-2;1-2;;;;/h2-14H,1H3,(H,27,28);3-9H,1-2H3,(H,19,20);2-8H,1H3,(H,18,19);1-7H,(H,17,18)(H,19,20);2-6H,1H3;1-2H,(H,13,14);3H,1-2H3;1H3;1H3;1H;;/q;;;;;;;2*-1;;+2;+1/p-1/b13-9+;;;;;;;;;;;. The Bertz CT molecular complexity index is 5350. The van der Waals surface area contributed by atoms with Crippen LogP contribution in [0.5, 0.6) is 0 Å². The van der Waals surface area contributed by atoms with Gasteiger partial charge in [-0.25, -0.2) is 54.6 Å². The maximum absolute atomic E-state index is 13.1. The Morgan fingerprint density at radius 1 is 0.415 bits per heavy atom. The largest absolute Gasteiger partial charge is 2.00 e. The number of methoxy groups -OCH3 is 2. The first-order chi connectivity index (χ1) is 59.4. The maximum atomic E-state index is 13.1. The van der Waals surface area contributed by atoms with Gasteiger partial charge in [0.2, 0.25) is 0 Å². The number of allylic oxidation sites excluding steroid dienone is 1. The number of halogens is 17. The van der Waals surface area contributed by atoms with Gasteiger partial charge in [0.25, 0.3) is 5.91 Å². The zero-order valence-corrected chi connectivity index (χ0v) is 74.6. The van der Waals surface area contributed by atoms with Gasteiger partial charge in [-0.05, 0) is 152 Å². The molecule has 0 saturated carbocycles. The molecular weight excluding hydrogens is 1820 g/mol. The van der Waals surface area contributed by atoms with Crippen molar-refractivity contribution < 1.29 is 181 Å². The molecule has 0 spiro atoms. The Hall–Kier alpha value is -12.5. The van der Waals surface area contributed by atoms with Crippen molar-refractivity contribution in [3.63, 3.8) is 0 Å². The summed E-state index contributed by atoms with van der Waals surface area (Å²) in [5, 5.41) is 36.7. The average Bonchev–Trinajstić information content (AvgIpc) is 0.823. The van der Waals surface area contributed by atoms with E-state index < -0.39 is 106 Å². The van der Waals surface area contributed by atoms with E-state index in [-0.39, 0.29) is 124 Å². The van der Waals surface area contributed by atoms with E-state index in [1.165, 1.54) is 59.6 Å². The summed E-state index contributed by atoms with van der Waals surface area (Å²) in [5.41, 5.74) is 0.0694. The summed E-state index contributed by atoms with van der Waals surface area (Å²) in [6.07, 6.45) is -19.6. The Labute approximate surface area is 781 Å². The predicted molar refractivity (Wildman–Crippen MR) is 442 cm³/mol. The zero-order valence-electron chi connectivity index (χ0n) is 69.7. The number of para-hydroxylation sites is 4. The Balaban J connectivity index is 0.00000154. The number of esters is 2. The van der Waals surface area contributed by atoms with Crippen LogP contribution in [0.2, 0.25) is 5.15 Å². The number of nitrogens with zero attached hydrogens (tertiary/aromatic N) is 6. The smallest absolute Gasteiger partial charge is 1.00 e. The number of rotatable bonds is 20. The molecule has 6 aromatic carbocycles. The van der Waals surface area contributed by atoms with Crippen molar-refractivity contribution in [1.29, 1.82) is 0 Å². The molecule has 0 fully saturated rings. The van der Waals surface area contributed by atoms with E-state index in [1.807, 2.05) is 0 Å². The van der Waals surface area contributed by atoms with Gasteiger partial charge in [0.1, 0.15) is 68.7 Å². The van der Waals surface area contributed by atoms with Crippen LogP contribution in [0.1, 0.15) is 124 Å². The van der Waals surface area contributed by atoms with E-state index in [4.69, 9.17) is 31.8 Å². The van der Waals surface area contributed by atoms with Gasteiger partial charge in [0, 0.05) is 42.4 Å². The molecule has 0 atom stereocenters. The number of carboxylic acid groups (broad SMARTS) is 2. The second kappa shape index (κ2) is 56.7. The predicted octanol–water partition coefficient (Wildman–Crippen LogP) is 13.2. The van der Waals surface area contributed by atoms with E-state index in [0.717, 1.165) is 67.0 Å². The van der Waals surface area contributed by atoms with Gasteiger partial charge in [-0.1, -0.05) is 115 Å². The molecule has 0 aliphatic heterocycles. The van der Waals surface area contributed by atoms with Crippen molar-refractivity contribution >= 4 is 134 Å². The van der Waals surface area contributed by atoms with Crippen molar-refractivity contribution in [1.82, 2.24) is 35.5 Å². The van der Waals surface area contributed by atoms with Gasteiger partial charge < -0.3 is 70.7 Å². The van der Waals surface area contributed by atoms with E-state index in [0.29, 0.717) is 57.1 Å². The van der Waals surface area contributed by atoms with Gasteiger partial charge in [-0.15, -0.1) is 0 Å². The molecule has 7 N–H and O–H groups in total. The van der Waals surface area contributed by atoms with Crippen LogP contribution in [-0.4, -0.2) is 161 Å². The Morgan fingerprint density at radius 3 is 0.962 bits per heavy atom. The van der Waals surface area contributed by atoms with Crippen LogP contribution >= 0.6 is 11.6 Å². The van der Waals surface area contributed by atoms with Crippen LogP contribution in [0, 0.1) is 7.43 Å². The summed E-state index contributed by atoms with van der Waals surface area (Å²) in [7, 11) is 9.25. The first-order valence-corrected chi connectivity index (χ1v) is 35.5. The quantitative estimate of drug-likeness (QED) is 0.00429. The van der Waals surface area contributed by atoms with Gasteiger partial charge >= 0.3 is 107 Å². The summed E-state index contributed by atoms with van der Waals surface area (Å²) in [4.78, 5) is 116. The number of amides is 1. The van der Waals surface area contributed by atoms with E-state index in [2.05, 4.69) is 66.0 Å². The van der Waals surface area contributed by atoms with Crippen LogP contribution in [0.4, 0.5) is 112 Å². The number of benzene rings is 6. The number of hydroxylamine groups is 3. The number of carbonyl (C=O) groups excluding carboxylic acids is 6. The SMILES string of the molecule is CC(=O)c1ccc(C(F)(F)F)nc1Nc1ccccc1.CNOC.COC(=O)c1ccc(/C=C/C(=O)c2ccc(C(F)(F)F)nc2Nc2ccccc2)cc1.COC(=O)c1ccc(C=O)cc1.CON(C)C(=O)c1ccc(C(F)(F)F)nc1Nc1ccccc1.C[O-].O=C(O)c1ccc(C(F)(F)F)nc1Cl.O=C(O)c1ccc(C(F)(F)F)nc1Nc1ccccc1.[CH3-].[Cl-].[Mg+2].[Na+]. The number of ketones is 2. The van der Waals surface area contributed by atoms with Crippen LogP contribution in [-0.2, 0) is 50.0 Å². The summed E-state index contributed by atoms with van der Waals surface area (Å²) in [5.74, 6) is -6.01. The van der Waals surface area contributed by atoms with Crippen molar-refractivity contribution in [3.8, 4) is 0 Å². The fourth-order valence-electron chi connectivity index (χ4n) is 9.24. The van der Waals surface area contributed by atoms with Crippen molar-refractivity contribution in [2.75, 3.05) is 70.9 Å². The number of carboxylic acids is 2. The molecule has 0 radical (unpaired) electrons. The van der Waals surface area contributed by atoms with Crippen LogP contribution in [0.3, 0.4) is 0 Å². The maximum Gasteiger partial charge on any atom is 2.00 e. The molecule has 130 heavy (non-hydrogen) atoms. The minimum absolute atomic E-state index is 0. The minimum atomic E-state index is -4.65. The Morgan fingerprint density at radius 2 is 0.685 bits per heavy atom. The van der Waals surface area contributed by atoms with Crippen LogP contribution in [0.15, 0.2) is 237 Å². The van der Waals surface area contributed by atoms with E-state index in [1.54, 1.807) is 172 Å². The first kappa shape index (κ1) is 118. The number of nitrogens with one attached hydrogen (secondary N) is 5. The summed E-state index contributed by atoms with van der Waals surface area (Å²) in [6, 6.07) is 54.7. The Kier molecular flexibility index (Phi) is 51.3. The summed E-state index contributed by atoms with van der Waals surface area (Å²) < 4.78 is 199. The van der Waals surface area contributed by atoms with Crippen molar-refractivity contribution in [2.45, 2.75) is 37.8 Å². The van der Waals surface area contributed by atoms with Gasteiger partial charge in [-0.3, -0.25) is 24.0 Å². The molecule has 1 amide bonds. The third-order valence-electron chi connectivity index (χ3n) is 15.4. The normalized spacial score (nSPS) is 10.5. The van der Waals surface area contributed by atoms with Crippen LogP contribution in [0.25, 0.3) is 6.08 Å². The minimum Gasteiger partial charge on any atom is -1.00 e. The molecule has 0 aliphatic carbocycles. The van der Waals surface area contributed by atoms with Gasteiger partial charge in [-0.2, -0.15) is 73.0 Å². The number of ether oxygens (including phenoxy) is 2. The number of anilines is 8. The molecule has 11 aromatic rings. The molecule has 682 valence electrons. The number of aldehydes is 1. The van der Waals surface area contributed by atoms with Gasteiger partial charge in [0.15, 0.2) is 11.6 Å². The van der Waals surface area contributed by atoms with Crippen molar-refractivity contribution in [3.05, 3.63) is 328 Å². The summed E-state index contributed by atoms with van der Waals surface area (Å²) >= 11 is 5.24. The molecule has 5 aromatic heterocycles. The van der Waals surface area contributed by atoms with Crippen molar-refractivity contribution in [2.24, 2.45) is 0 Å². The topological polar surface area (TPSA) is 365 Å². The molecule has 26 nitrogen and oxygen atoms in total. The van der Waals surface area contributed by atoms with Gasteiger partial charge in [0.05, 0.1) is 61.8 Å². The number of carbonyl (C=O) groups is 8. The number of hydrogen-bond donors (Lipinski definition) is 7. The monoisotopic (exact) mass is 1890 g/mol. The first-order valence-electron chi connectivity index (χ1n) is 35.2. The molecule has 0 saturated heterocycles. The number of aromatic nitrogens is 5. The third kappa shape index (κ3) is 39.2. The molecule has 11 rings (SSSR count). The number of pyridine rings is 5. The fraction of sp³-hybridized carbons (Fsp3) is 0.153.